The highest BCUT2D eigenvalue weighted by atomic mass is 32.2. The Balaban J connectivity index is 1.84. The van der Waals surface area contributed by atoms with E-state index in [1.807, 2.05) is 17.8 Å². The zero-order chi connectivity index (χ0) is 12.4. The van der Waals surface area contributed by atoms with Gasteiger partial charge in [-0.1, -0.05) is 12.8 Å². The van der Waals surface area contributed by atoms with E-state index in [1.54, 1.807) is 0 Å². The highest BCUT2D eigenvalue weighted by Crippen LogP contribution is 2.34. The molecule has 3 rings (SSSR count). The molecule has 1 aliphatic carbocycles. The van der Waals surface area contributed by atoms with Gasteiger partial charge in [-0.05, 0) is 12.8 Å². The first-order chi connectivity index (χ1) is 8.83. The van der Waals surface area contributed by atoms with E-state index in [1.165, 1.54) is 25.7 Å². The lowest BCUT2D eigenvalue weighted by Crippen LogP contribution is -2.19. The fraction of sp³-hybridized carbons (Fsp3) is 0.692. The molecule has 1 saturated heterocycles. The monoisotopic (exact) mass is 265 g/mol. The minimum Gasteiger partial charge on any atom is -0.384 e. The van der Waals surface area contributed by atoms with Gasteiger partial charge in [0.2, 0.25) is 0 Å². The number of nitrogens with zero attached hydrogens (tertiary/aromatic N) is 2. The summed E-state index contributed by atoms with van der Waals surface area (Å²) in [6.45, 7) is 0.784. The van der Waals surface area contributed by atoms with Crippen LogP contribution < -0.4 is 5.73 Å². The third-order valence-electron chi connectivity index (χ3n) is 3.66. The molecule has 4 nitrogen and oxygen atoms in total. The van der Waals surface area contributed by atoms with E-state index >= 15 is 0 Å². The Kier molecular flexibility index (Phi) is 3.70. The van der Waals surface area contributed by atoms with Crippen molar-refractivity contribution >= 4 is 17.6 Å². The summed E-state index contributed by atoms with van der Waals surface area (Å²) < 4.78 is 5.74. The molecule has 1 aromatic heterocycles. The van der Waals surface area contributed by atoms with Crippen LogP contribution in [0.1, 0.15) is 49.2 Å². The minimum absolute atomic E-state index is 0.0207. The quantitative estimate of drug-likeness (QED) is 0.890. The van der Waals surface area contributed by atoms with Gasteiger partial charge in [-0.25, -0.2) is 9.97 Å². The second-order valence-corrected chi connectivity index (χ2v) is 6.14. The van der Waals surface area contributed by atoms with Crippen LogP contribution in [-0.2, 0) is 4.74 Å². The van der Waals surface area contributed by atoms with Crippen molar-refractivity contribution in [1.82, 2.24) is 9.97 Å². The van der Waals surface area contributed by atoms with E-state index in [9.17, 15) is 0 Å². The molecule has 0 aromatic carbocycles. The molecule has 1 aromatic rings. The van der Waals surface area contributed by atoms with Gasteiger partial charge in [0.25, 0.3) is 0 Å². The number of anilines is 1. The fourth-order valence-corrected chi connectivity index (χ4v) is 3.56. The summed E-state index contributed by atoms with van der Waals surface area (Å²) in [6, 6.07) is 1.94. The molecule has 18 heavy (non-hydrogen) atoms. The number of hydrogen-bond donors (Lipinski definition) is 1. The van der Waals surface area contributed by atoms with Gasteiger partial charge in [-0.15, -0.1) is 0 Å². The predicted molar refractivity (Wildman–Crippen MR) is 73.7 cm³/mol. The molecule has 2 fully saturated rings. The second-order valence-electron chi connectivity index (χ2n) is 4.99. The Morgan fingerprint density at radius 2 is 2.11 bits per heavy atom. The number of ether oxygens (including phenoxy) is 1. The number of hydrogen-bond acceptors (Lipinski definition) is 5. The molecule has 1 atom stereocenters. The first-order valence-electron chi connectivity index (χ1n) is 6.66. The van der Waals surface area contributed by atoms with Gasteiger partial charge >= 0.3 is 0 Å². The molecule has 98 valence electrons. The third-order valence-corrected chi connectivity index (χ3v) is 4.65. The summed E-state index contributed by atoms with van der Waals surface area (Å²) in [6.07, 6.45) is 5.10. The lowest BCUT2D eigenvalue weighted by molar-refractivity contribution is 0.0693. The molecule has 2 N–H and O–H groups in total. The summed E-state index contributed by atoms with van der Waals surface area (Å²) in [5.41, 5.74) is 7.04. The van der Waals surface area contributed by atoms with Gasteiger partial charge in [-0.3, -0.25) is 0 Å². The molecule has 1 saturated carbocycles. The summed E-state index contributed by atoms with van der Waals surface area (Å²) in [5, 5.41) is 0. The maximum absolute atomic E-state index is 5.92. The smallest absolute Gasteiger partial charge is 0.160 e. The Labute approximate surface area is 112 Å². The number of thioether (sulfide) groups is 1. The summed E-state index contributed by atoms with van der Waals surface area (Å²) in [4.78, 5) is 9.07. The lowest BCUT2D eigenvalue weighted by atomic mass is 10.0. The van der Waals surface area contributed by atoms with E-state index in [-0.39, 0.29) is 6.10 Å². The largest absolute Gasteiger partial charge is 0.384 e. The number of aromatic nitrogens is 2. The lowest BCUT2D eigenvalue weighted by Gasteiger charge is -2.22. The molecule has 0 bridgehead atoms. The van der Waals surface area contributed by atoms with E-state index in [2.05, 4.69) is 4.98 Å². The van der Waals surface area contributed by atoms with Crippen LogP contribution in [0.25, 0.3) is 0 Å². The van der Waals surface area contributed by atoms with Crippen molar-refractivity contribution in [3.05, 3.63) is 17.6 Å². The zero-order valence-electron chi connectivity index (χ0n) is 10.5. The number of nitrogens with two attached hydrogens (primary N) is 1. The van der Waals surface area contributed by atoms with Crippen molar-refractivity contribution in [3.63, 3.8) is 0 Å². The summed E-state index contributed by atoms with van der Waals surface area (Å²) in [7, 11) is 0. The molecule has 0 amide bonds. The van der Waals surface area contributed by atoms with Crippen LogP contribution in [0.15, 0.2) is 6.07 Å². The van der Waals surface area contributed by atoms with Gasteiger partial charge in [0.15, 0.2) is 5.82 Å². The maximum Gasteiger partial charge on any atom is 0.160 e. The highest BCUT2D eigenvalue weighted by molar-refractivity contribution is 7.99. The molecule has 0 radical (unpaired) electrons. The summed E-state index contributed by atoms with van der Waals surface area (Å²) in [5.74, 6) is 3.94. The van der Waals surface area contributed by atoms with Crippen molar-refractivity contribution < 1.29 is 4.74 Å². The van der Waals surface area contributed by atoms with Crippen molar-refractivity contribution in [3.8, 4) is 0 Å². The molecular weight excluding hydrogens is 246 g/mol. The Bertz CT molecular complexity index is 415. The van der Waals surface area contributed by atoms with Crippen LogP contribution in [-0.4, -0.2) is 28.1 Å². The Hall–Kier alpha value is -0.810. The van der Waals surface area contributed by atoms with Crippen molar-refractivity contribution in [2.45, 2.75) is 37.7 Å². The maximum atomic E-state index is 5.92. The van der Waals surface area contributed by atoms with Gasteiger partial charge in [0.1, 0.15) is 11.9 Å². The molecular formula is C13H19N3OS. The summed E-state index contributed by atoms with van der Waals surface area (Å²) >= 11 is 1.90. The average molecular weight is 265 g/mol. The molecule has 5 heteroatoms. The number of nitrogen functional groups attached to an aromatic ring is 1. The zero-order valence-corrected chi connectivity index (χ0v) is 11.3. The molecule has 2 heterocycles. The molecule has 2 aliphatic rings. The van der Waals surface area contributed by atoms with Crippen LogP contribution in [0.4, 0.5) is 5.82 Å². The van der Waals surface area contributed by atoms with Crippen molar-refractivity contribution in [2.24, 2.45) is 0 Å². The van der Waals surface area contributed by atoms with E-state index in [4.69, 9.17) is 15.5 Å². The average Bonchev–Trinajstić information content (AvgIpc) is 2.93. The van der Waals surface area contributed by atoms with Crippen LogP contribution in [0.5, 0.6) is 0 Å². The first kappa shape index (κ1) is 12.2. The highest BCUT2D eigenvalue weighted by Gasteiger charge is 2.23. The normalized spacial score (nSPS) is 25.4. The Morgan fingerprint density at radius 3 is 2.83 bits per heavy atom. The predicted octanol–water partition coefficient (Wildman–Crippen LogP) is 2.52. The van der Waals surface area contributed by atoms with E-state index in [0.29, 0.717) is 11.7 Å². The van der Waals surface area contributed by atoms with Crippen molar-refractivity contribution in [1.29, 1.82) is 0 Å². The topological polar surface area (TPSA) is 61.0 Å². The third kappa shape index (κ3) is 2.62. The van der Waals surface area contributed by atoms with Crippen LogP contribution in [0.2, 0.25) is 0 Å². The standard InChI is InChI=1S/C13H19N3OS/c14-12-7-10(9-3-1-2-4-9)15-13(16-12)11-8-18-6-5-17-11/h7,9,11H,1-6,8H2,(H2,14,15,16). The minimum atomic E-state index is 0.0207. The second kappa shape index (κ2) is 5.45. The molecule has 1 unspecified atom stereocenters. The molecule has 0 spiro atoms. The van der Waals surface area contributed by atoms with Gasteiger partial charge in [0, 0.05) is 29.2 Å². The molecule has 1 aliphatic heterocycles. The Morgan fingerprint density at radius 1 is 1.28 bits per heavy atom. The van der Waals surface area contributed by atoms with Crippen LogP contribution in [0.3, 0.4) is 0 Å². The van der Waals surface area contributed by atoms with Gasteiger partial charge in [-0.2, -0.15) is 11.8 Å². The van der Waals surface area contributed by atoms with Crippen LogP contribution in [0, 0.1) is 0 Å². The van der Waals surface area contributed by atoms with Crippen molar-refractivity contribution in [2.75, 3.05) is 23.8 Å². The van der Waals surface area contributed by atoms with E-state index < -0.39 is 0 Å². The number of rotatable bonds is 2. The van der Waals surface area contributed by atoms with Gasteiger partial charge in [0.05, 0.1) is 6.61 Å². The van der Waals surface area contributed by atoms with E-state index in [0.717, 1.165) is 29.6 Å². The first-order valence-corrected chi connectivity index (χ1v) is 7.82. The van der Waals surface area contributed by atoms with Gasteiger partial charge < -0.3 is 10.5 Å². The van der Waals surface area contributed by atoms with Crippen LogP contribution >= 0.6 is 11.8 Å². The fourth-order valence-electron chi connectivity index (χ4n) is 2.72. The SMILES string of the molecule is Nc1cc(C2CCCC2)nc(C2CSCCO2)n1.